The van der Waals surface area contributed by atoms with Crippen molar-refractivity contribution in [2.75, 3.05) is 13.7 Å². The molecule has 3 heterocycles. The topological polar surface area (TPSA) is 29.5 Å². The summed E-state index contributed by atoms with van der Waals surface area (Å²) in [6.07, 6.45) is 6.23. The van der Waals surface area contributed by atoms with Gasteiger partial charge in [-0.15, -0.1) is 0 Å². The van der Waals surface area contributed by atoms with Gasteiger partial charge < -0.3 is 4.74 Å². The van der Waals surface area contributed by atoms with Crippen molar-refractivity contribution in [2.24, 2.45) is 11.8 Å². The summed E-state index contributed by atoms with van der Waals surface area (Å²) in [5.74, 6) is 0.964. The van der Waals surface area contributed by atoms with Gasteiger partial charge in [0.1, 0.15) is 0 Å². The molecule has 15 heavy (non-hydrogen) atoms. The standard InChI is InChI=1S/C12H19NO2/c1-15-12(14)10-5-4-9-7-8-3-2-6-13(9)11(8)10/h8-11H,2-7H2,1H3/t8-,9-,10-,11-/m0/s1. The van der Waals surface area contributed by atoms with Crippen LogP contribution in [-0.2, 0) is 9.53 Å². The predicted octanol–water partition coefficient (Wildman–Crippen LogP) is 1.42. The average Bonchev–Trinajstić information content (AvgIpc) is 2.48. The molecule has 3 aliphatic rings. The van der Waals surface area contributed by atoms with Gasteiger partial charge in [0, 0.05) is 12.1 Å². The number of rotatable bonds is 1. The van der Waals surface area contributed by atoms with Crippen molar-refractivity contribution in [1.29, 1.82) is 0 Å². The largest absolute Gasteiger partial charge is 0.469 e. The van der Waals surface area contributed by atoms with Crippen LogP contribution in [0.3, 0.4) is 0 Å². The van der Waals surface area contributed by atoms with Crippen molar-refractivity contribution in [3.63, 3.8) is 0 Å². The number of hydrogen-bond acceptors (Lipinski definition) is 3. The van der Waals surface area contributed by atoms with Gasteiger partial charge in [0.05, 0.1) is 13.0 Å². The molecule has 4 bridgehead atoms. The molecule has 0 aliphatic carbocycles. The van der Waals surface area contributed by atoms with E-state index in [0.29, 0.717) is 6.04 Å². The van der Waals surface area contributed by atoms with E-state index in [1.165, 1.54) is 39.3 Å². The summed E-state index contributed by atoms with van der Waals surface area (Å²) in [7, 11) is 1.52. The summed E-state index contributed by atoms with van der Waals surface area (Å²) in [6, 6.07) is 1.30. The first kappa shape index (κ1) is 9.64. The number of ether oxygens (including phenoxy) is 1. The Labute approximate surface area is 90.8 Å². The summed E-state index contributed by atoms with van der Waals surface area (Å²) in [6.45, 7) is 1.21. The molecular weight excluding hydrogens is 190 g/mol. The molecule has 3 nitrogen and oxygen atoms in total. The van der Waals surface area contributed by atoms with Gasteiger partial charge in [-0.3, -0.25) is 9.69 Å². The lowest BCUT2D eigenvalue weighted by Gasteiger charge is -2.42. The van der Waals surface area contributed by atoms with Crippen molar-refractivity contribution in [1.82, 2.24) is 4.90 Å². The van der Waals surface area contributed by atoms with Gasteiger partial charge in [0.25, 0.3) is 0 Å². The Bertz CT molecular complexity index is 279. The molecule has 3 heteroatoms. The van der Waals surface area contributed by atoms with Gasteiger partial charge in [-0.05, 0) is 44.6 Å². The zero-order chi connectivity index (χ0) is 10.4. The minimum Gasteiger partial charge on any atom is -0.469 e. The van der Waals surface area contributed by atoms with Crippen LogP contribution in [0, 0.1) is 11.8 Å². The molecule has 3 aliphatic heterocycles. The second-order valence-electron chi connectivity index (χ2n) is 5.23. The Morgan fingerprint density at radius 3 is 3.00 bits per heavy atom. The highest BCUT2D eigenvalue weighted by Gasteiger charge is 2.52. The molecule has 5 atom stereocenters. The predicted molar refractivity (Wildman–Crippen MR) is 56.4 cm³/mol. The molecule has 0 aromatic rings. The summed E-state index contributed by atoms with van der Waals surface area (Å²) >= 11 is 0. The van der Waals surface area contributed by atoms with Gasteiger partial charge in [0.2, 0.25) is 0 Å². The fraction of sp³-hybridized carbons (Fsp3) is 0.917. The molecule has 0 saturated carbocycles. The zero-order valence-electron chi connectivity index (χ0n) is 9.32. The molecule has 3 saturated heterocycles. The minimum atomic E-state index is 0.0252. The van der Waals surface area contributed by atoms with Crippen molar-refractivity contribution in [3.05, 3.63) is 0 Å². The molecule has 0 spiro atoms. The van der Waals surface area contributed by atoms with E-state index in [-0.39, 0.29) is 11.9 Å². The van der Waals surface area contributed by atoms with E-state index < -0.39 is 0 Å². The molecule has 0 aromatic heterocycles. The Morgan fingerprint density at radius 2 is 2.20 bits per heavy atom. The third kappa shape index (κ3) is 1.32. The Balaban J connectivity index is 1.85. The maximum Gasteiger partial charge on any atom is 0.310 e. The first-order valence-electron chi connectivity index (χ1n) is 6.15. The van der Waals surface area contributed by atoms with Gasteiger partial charge in [0.15, 0.2) is 0 Å². The van der Waals surface area contributed by atoms with Crippen LogP contribution < -0.4 is 0 Å². The smallest absolute Gasteiger partial charge is 0.310 e. The fourth-order valence-corrected chi connectivity index (χ4v) is 4.09. The van der Waals surface area contributed by atoms with E-state index >= 15 is 0 Å². The Morgan fingerprint density at radius 1 is 1.33 bits per heavy atom. The van der Waals surface area contributed by atoms with Crippen molar-refractivity contribution >= 4 is 5.97 Å². The highest BCUT2D eigenvalue weighted by Crippen LogP contribution is 2.47. The molecule has 0 aromatic carbocycles. The van der Waals surface area contributed by atoms with Crippen molar-refractivity contribution in [2.45, 2.75) is 44.2 Å². The van der Waals surface area contributed by atoms with Crippen LogP contribution in [-0.4, -0.2) is 36.6 Å². The molecule has 0 amide bonds. The first-order valence-corrected chi connectivity index (χ1v) is 6.15. The number of nitrogens with zero attached hydrogens (tertiary/aromatic N) is 1. The lowest BCUT2D eigenvalue weighted by Crippen LogP contribution is -2.51. The van der Waals surface area contributed by atoms with E-state index in [2.05, 4.69) is 4.90 Å². The summed E-state index contributed by atoms with van der Waals surface area (Å²) in [4.78, 5) is 14.3. The van der Waals surface area contributed by atoms with E-state index in [9.17, 15) is 4.79 Å². The molecule has 0 radical (unpaired) electrons. The lowest BCUT2D eigenvalue weighted by atomic mass is 9.82. The van der Waals surface area contributed by atoms with Crippen molar-refractivity contribution < 1.29 is 9.53 Å². The maximum atomic E-state index is 11.7. The second kappa shape index (κ2) is 3.48. The SMILES string of the molecule is COC(=O)[C@H]1CC[C@H]2C[C@@H]3CCCN2[C@@H]31. The maximum absolute atomic E-state index is 11.7. The van der Waals surface area contributed by atoms with Crippen LogP contribution in [0.4, 0.5) is 0 Å². The van der Waals surface area contributed by atoms with Crippen LogP contribution in [0.25, 0.3) is 0 Å². The monoisotopic (exact) mass is 209 g/mol. The van der Waals surface area contributed by atoms with Gasteiger partial charge >= 0.3 is 5.97 Å². The van der Waals surface area contributed by atoms with Crippen LogP contribution in [0.5, 0.6) is 0 Å². The number of hydrogen-bond donors (Lipinski definition) is 0. The van der Waals surface area contributed by atoms with Crippen LogP contribution >= 0.6 is 0 Å². The van der Waals surface area contributed by atoms with Crippen LogP contribution in [0.15, 0.2) is 0 Å². The molecule has 84 valence electrons. The number of carbonyl (C=O) groups excluding carboxylic acids is 1. The lowest BCUT2D eigenvalue weighted by molar-refractivity contribution is -0.150. The normalized spacial score (nSPS) is 47.7. The summed E-state index contributed by atoms with van der Waals surface area (Å²) < 4.78 is 4.94. The molecular formula is C12H19NO2. The van der Waals surface area contributed by atoms with Crippen LogP contribution in [0.1, 0.15) is 32.1 Å². The highest BCUT2D eigenvalue weighted by molar-refractivity contribution is 5.73. The molecule has 3 rings (SSSR count). The van der Waals surface area contributed by atoms with E-state index in [0.717, 1.165) is 18.4 Å². The summed E-state index contributed by atoms with van der Waals surface area (Å²) in [5, 5.41) is 0. The van der Waals surface area contributed by atoms with E-state index in [1.807, 2.05) is 0 Å². The molecule has 1 unspecified atom stereocenters. The van der Waals surface area contributed by atoms with Crippen LogP contribution in [0.2, 0.25) is 0 Å². The molecule has 3 fully saturated rings. The highest BCUT2D eigenvalue weighted by atomic mass is 16.5. The average molecular weight is 209 g/mol. The third-order valence-electron chi connectivity index (χ3n) is 4.63. The van der Waals surface area contributed by atoms with Gasteiger partial charge in [-0.2, -0.15) is 0 Å². The number of methoxy groups -OCH3 is 1. The minimum absolute atomic E-state index is 0.0252. The van der Waals surface area contributed by atoms with E-state index in [1.54, 1.807) is 0 Å². The quantitative estimate of drug-likeness (QED) is 0.612. The Kier molecular flexibility index (Phi) is 2.23. The van der Waals surface area contributed by atoms with Gasteiger partial charge in [-0.1, -0.05) is 0 Å². The van der Waals surface area contributed by atoms with Gasteiger partial charge in [-0.25, -0.2) is 0 Å². The third-order valence-corrected chi connectivity index (χ3v) is 4.63. The number of piperidine rings is 2. The molecule has 0 N–H and O–H groups in total. The Hall–Kier alpha value is -0.570. The van der Waals surface area contributed by atoms with Crippen molar-refractivity contribution in [3.8, 4) is 0 Å². The fourth-order valence-electron chi connectivity index (χ4n) is 4.09. The zero-order valence-corrected chi connectivity index (χ0v) is 9.32. The van der Waals surface area contributed by atoms with E-state index in [4.69, 9.17) is 4.74 Å². The number of carbonyl (C=O) groups is 1. The first-order chi connectivity index (χ1) is 7.31. The second-order valence-corrected chi connectivity index (χ2v) is 5.23. The summed E-state index contributed by atoms with van der Waals surface area (Å²) in [5.41, 5.74) is 0. The number of esters is 1.